The summed E-state index contributed by atoms with van der Waals surface area (Å²) in [6, 6.07) is 7.70. The van der Waals surface area contributed by atoms with Gasteiger partial charge in [-0.15, -0.1) is 0 Å². The topological polar surface area (TPSA) is 103 Å². The number of nitro benzene ring substituents is 1. The summed E-state index contributed by atoms with van der Waals surface area (Å²) >= 11 is 5.75. The average Bonchev–Trinajstić information content (AvgIpc) is 2.54. The first-order valence-corrected chi connectivity index (χ1v) is 6.30. The maximum atomic E-state index is 14.0. The van der Waals surface area contributed by atoms with Crippen molar-refractivity contribution in [1.82, 2.24) is 0 Å². The lowest BCUT2D eigenvalue weighted by molar-refractivity contribution is -0.384. The first kappa shape index (κ1) is 16.1. The number of nitro groups is 1. The molecule has 2 rings (SSSR count). The van der Waals surface area contributed by atoms with Gasteiger partial charge in [-0.3, -0.25) is 10.1 Å². The molecule has 2 aromatic carbocycles. The molecule has 0 radical (unpaired) electrons. The van der Waals surface area contributed by atoms with E-state index in [0.717, 1.165) is 0 Å². The highest BCUT2D eigenvalue weighted by atomic mass is 35.5. The molecule has 0 saturated heterocycles. The van der Waals surface area contributed by atoms with Crippen LogP contribution in [0.4, 0.5) is 25.8 Å². The minimum absolute atomic E-state index is 0.181. The van der Waals surface area contributed by atoms with Crippen molar-refractivity contribution in [3.05, 3.63) is 62.2 Å². The third kappa shape index (κ3) is 2.89. The Balaban J connectivity index is 2.54. The van der Waals surface area contributed by atoms with Crippen LogP contribution < -0.4 is 5.32 Å². The predicted octanol–water partition coefficient (Wildman–Crippen LogP) is 4.01. The van der Waals surface area contributed by atoms with Crippen LogP contribution in [0, 0.1) is 44.4 Å². The second-order valence-electron chi connectivity index (χ2n) is 4.22. The predicted molar refractivity (Wildman–Crippen MR) is 77.2 cm³/mol. The van der Waals surface area contributed by atoms with E-state index in [4.69, 9.17) is 22.1 Å². The summed E-state index contributed by atoms with van der Waals surface area (Å²) in [6.07, 6.45) is 0. The van der Waals surface area contributed by atoms with Crippen molar-refractivity contribution in [3.63, 3.8) is 0 Å². The van der Waals surface area contributed by atoms with Gasteiger partial charge in [0.2, 0.25) is 0 Å². The van der Waals surface area contributed by atoms with Crippen LogP contribution in [-0.4, -0.2) is 4.92 Å². The molecule has 114 valence electrons. The molecular formula is C14H5ClF2N4O2. The second kappa shape index (κ2) is 6.26. The number of non-ortho nitro benzene ring substituents is 1. The molecule has 0 saturated carbocycles. The Bertz CT molecular complexity index is 886. The molecule has 0 unspecified atom stereocenters. The lowest BCUT2D eigenvalue weighted by atomic mass is 10.1. The molecular weight excluding hydrogens is 330 g/mol. The summed E-state index contributed by atoms with van der Waals surface area (Å²) in [6.45, 7) is 0. The van der Waals surface area contributed by atoms with Crippen LogP contribution in [0.2, 0.25) is 5.02 Å². The van der Waals surface area contributed by atoms with Crippen LogP contribution >= 0.6 is 11.6 Å². The summed E-state index contributed by atoms with van der Waals surface area (Å²) in [5.74, 6) is -2.63. The fourth-order valence-electron chi connectivity index (χ4n) is 1.79. The Kier molecular flexibility index (Phi) is 4.39. The minimum Gasteiger partial charge on any atom is -0.353 e. The Morgan fingerprint density at radius 3 is 2.13 bits per heavy atom. The molecule has 0 amide bonds. The van der Waals surface area contributed by atoms with Crippen LogP contribution in [0.3, 0.4) is 0 Å². The molecule has 9 heteroatoms. The van der Waals surface area contributed by atoms with E-state index in [1.807, 2.05) is 0 Å². The van der Waals surface area contributed by atoms with E-state index in [1.165, 1.54) is 36.4 Å². The summed E-state index contributed by atoms with van der Waals surface area (Å²) in [5, 5.41) is 30.2. The van der Waals surface area contributed by atoms with Gasteiger partial charge in [-0.05, 0) is 12.1 Å². The second-order valence-corrected chi connectivity index (χ2v) is 4.60. The number of nitrogens with zero attached hydrogens (tertiary/aromatic N) is 3. The van der Waals surface area contributed by atoms with E-state index in [0.29, 0.717) is 0 Å². The lowest BCUT2D eigenvalue weighted by Gasteiger charge is -2.12. The summed E-state index contributed by atoms with van der Waals surface area (Å²) < 4.78 is 27.9. The highest BCUT2D eigenvalue weighted by Crippen LogP contribution is 2.35. The summed E-state index contributed by atoms with van der Waals surface area (Å²) in [5.41, 5.74) is -1.92. The van der Waals surface area contributed by atoms with Crippen LogP contribution in [-0.2, 0) is 0 Å². The zero-order chi connectivity index (χ0) is 17.1. The van der Waals surface area contributed by atoms with Crippen LogP contribution in [0.5, 0.6) is 0 Å². The third-order valence-corrected chi connectivity index (χ3v) is 3.25. The molecule has 0 heterocycles. The SMILES string of the molecule is N#Cc1c(F)c(Cl)c(Nc2ccc([N+](=O)[O-])cc2)c(C#N)c1F. The Hall–Kier alpha value is -3.23. The Labute approximate surface area is 133 Å². The maximum Gasteiger partial charge on any atom is 0.269 e. The van der Waals surface area contributed by atoms with Gasteiger partial charge in [0.15, 0.2) is 11.6 Å². The van der Waals surface area contributed by atoms with Gasteiger partial charge in [-0.1, -0.05) is 11.6 Å². The van der Waals surface area contributed by atoms with Crippen molar-refractivity contribution in [1.29, 1.82) is 10.5 Å². The summed E-state index contributed by atoms with van der Waals surface area (Å²) in [4.78, 5) is 9.96. The normalized spacial score (nSPS) is 9.78. The van der Waals surface area contributed by atoms with E-state index >= 15 is 0 Å². The monoisotopic (exact) mass is 334 g/mol. The van der Waals surface area contributed by atoms with E-state index in [9.17, 15) is 18.9 Å². The van der Waals surface area contributed by atoms with E-state index in [1.54, 1.807) is 0 Å². The zero-order valence-electron chi connectivity index (χ0n) is 11.1. The Morgan fingerprint density at radius 1 is 1.09 bits per heavy atom. The molecule has 0 aliphatic carbocycles. The van der Waals surface area contributed by atoms with Crippen LogP contribution in [0.1, 0.15) is 11.1 Å². The zero-order valence-corrected chi connectivity index (χ0v) is 11.9. The number of anilines is 2. The van der Waals surface area contributed by atoms with Crippen molar-refractivity contribution in [2.75, 3.05) is 5.32 Å². The van der Waals surface area contributed by atoms with Crippen molar-refractivity contribution in [2.24, 2.45) is 0 Å². The molecule has 0 spiro atoms. The van der Waals surface area contributed by atoms with Gasteiger partial charge in [-0.25, -0.2) is 8.78 Å². The number of nitrogens with one attached hydrogen (secondary N) is 1. The van der Waals surface area contributed by atoms with Gasteiger partial charge in [0.05, 0.1) is 10.6 Å². The molecule has 0 atom stereocenters. The van der Waals surface area contributed by atoms with E-state index in [2.05, 4.69) is 5.32 Å². The van der Waals surface area contributed by atoms with Crippen molar-refractivity contribution >= 4 is 28.7 Å². The number of hydrogen-bond acceptors (Lipinski definition) is 5. The Morgan fingerprint density at radius 2 is 1.65 bits per heavy atom. The van der Waals surface area contributed by atoms with Crippen LogP contribution in [0.25, 0.3) is 0 Å². The quantitative estimate of drug-likeness (QED) is 0.519. The number of rotatable bonds is 3. The van der Waals surface area contributed by atoms with Crippen molar-refractivity contribution in [2.45, 2.75) is 0 Å². The van der Waals surface area contributed by atoms with Crippen molar-refractivity contribution < 1.29 is 13.7 Å². The van der Waals surface area contributed by atoms with Gasteiger partial charge in [-0.2, -0.15) is 10.5 Å². The average molecular weight is 335 g/mol. The molecule has 0 aliphatic rings. The number of halogens is 3. The highest BCUT2D eigenvalue weighted by molar-refractivity contribution is 6.34. The molecule has 0 fully saturated rings. The molecule has 0 aromatic heterocycles. The molecule has 1 N–H and O–H groups in total. The molecule has 0 bridgehead atoms. The van der Waals surface area contributed by atoms with E-state index in [-0.39, 0.29) is 17.1 Å². The molecule has 2 aromatic rings. The van der Waals surface area contributed by atoms with Crippen LogP contribution in [0.15, 0.2) is 24.3 Å². The smallest absolute Gasteiger partial charge is 0.269 e. The third-order valence-electron chi connectivity index (χ3n) is 2.89. The van der Waals surface area contributed by atoms with E-state index < -0.39 is 32.7 Å². The maximum absolute atomic E-state index is 14.0. The molecule has 6 nitrogen and oxygen atoms in total. The van der Waals surface area contributed by atoms with Crippen molar-refractivity contribution in [3.8, 4) is 12.1 Å². The fraction of sp³-hybridized carbons (Fsp3) is 0. The van der Waals surface area contributed by atoms with Gasteiger partial charge < -0.3 is 5.32 Å². The molecule has 23 heavy (non-hydrogen) atoms. The minimum atomic E-state index is -1.33. The van der Waals surface area contributed by atoms with Gasteiger partial charge in [0.1, 0.15) is 28.3 Å². The highest BCUT2D eigenvalue weighted by Gasteiger charge is 2.24. The number of hydrogen-bond donors (Lipinski definition) is 1. The standard InChI is InChI=1S/C14H5ClF2N4O2/c15-11-13(17)9(5-18)12(16)10(6-19)14(11)20-7-1-3-8(4-2-7)21(22)23/h1-4,20H. The first-order chi connectivity index (χ1) is 10.9. The number of benzene rings is 2. The lowest BCUT2D eigenvalue weighted by Crippen LogP contribution is -2.03. The number of nitriles is 2. The van der Waals surface area contributed by atoms with Gasteiger partial charge in [0.25, 0.3) is 5.69 Å². The first-order valence-electron chi connectivity index (χ1n) is 5.92. The molecule has 0 aliphatic heterocycles. The van der Waals surface area contributed by atoms with Gasteiger partial charge in [0, 0.05) is 17.8 Å². The summed E-state index contributed by atoms with van der Waals surface area (Å²) in [7, 11) is 0. The van der Waals surface area contributed by atoms with Gasteiger partial charge >= 0.3 is 0 Å². The largest absolute Gasteiger partial charge is 0.353 e. The fourth-order valence-corrected chi connectivity index (χ4v) is 2.03.